The molecule has 0 N–H and O–H groups in total. The highest BCUT2D eigenvalue weighted by Crippen LogP contribution is 2.31. The first kappa shape index (κ1) is 22.1. The van der Waals surface area contributed by atoms with Gasteiger partial charge in [0.2, 0.25) is 11.7 Å². The van der Waals surface area contributed by atoms with E-state index in [9.17, 15) is 29.8 Å². The van der Waals surface area contributed by atoms with E-state index in [4.69, 9.17) is 9.47 Å². The summed E-state index contributed by atoms with van der Waals surface area (Å²) in [7, 11) is 0. The van der Waals surface area contributed by atoms with E-state index in [0.717, 1.165) is 18.2 Å². The molecule has 3 rings (SSSR count). The second-order valence-electron chi connectivity index (χ2n) is 6.47. The van der Waals surface area contributed by atoms with Gasteiger partial charge in [0.05, 0.1) is 9.85 Å². The lowest BCUT2D eigenvalue weighted by atomic mass is 10.1. The molecular weight excluding hydrogens is 420 g/mol. The SMILES string of the molecule is O=C(OC(C(=O)OCc1ccccc1)c1ccccc1)c1c([N+](=O)[O-])cccc1[N+](=O)[O-]. The van der Waals surface area contributed by atoms with Crippen LogP contribution >= 0.6 is 0 Å². The Bertz CT molecular complexity index is 1120. The standard InChI is InChI=1S/C22H16N2O8/c25-21(19-17(23(27)28)12-7-13-18(19)24(29)30)32-20(16-10-5-2-6-11-16)22(26)31-14-15-8-3-1-4-9-15/h1-13,20H,14H2. The maximum absolute atomic E-state index is 12.8. The van der Waals surface area contributed by atoms with E-state index in [-0.39, 0.29) is 12.2 Å². The Labute approximate surface area is 181 Å². The van der Waals surface area contributed by atoms with Gasteiger partial charge in [-0.15, -0.1) is 0 Å². The van der Waals surface area contributed by atoms with Gasteiger partial charge in [-0.3, -0.25) is 20.2 Å². The highest BCUT2D eigenvalue weighted by Gasteiger charge is 2.35. The molecule has 32 heavy (non-hydrogen) atoms. The Balaban J connectivity index is 1.92. The fraction of sp³-hybridized carbons (Fsp3) is 0.0909. The fourth-order valence-corrected chi connectivity index (χ4v) is 2.89. The number of nitro benzene ring substituents is 2. The van der Waals surface area contributed by atoms with Gasteiger partial charge in [0.1, 0.15) is 6.61 Å². The quantitative estimate of drug-likeness (QED) is 0.292. The van der Waals surface area contributed by atoms with E-state index >= 15 is 0 Å². The summed E-state index contributed by atoms with van der Waals surface area (Å²) in [6.07, 6.45) is -1.59. The number of rotatable bonds is 8. The van der Waals surface area contributed by atoms with Gasteiger partial charge in [0.25, 0.3) is 11.4 Å². The predicted octanol–water partition coefficient (Wildman–Crippen LogP) is 4.14. The van der Waals surface area contributed by atoms with Crippen molar-refractivity contribution in [1.29, 1.82) is 0 Å². The summed E-state index contributed by atoms with van der Waals surface area (Å²) >= 11 is 0. The molecule has 0 saturated carbocycles. The fourth-order valence-electron chi connectivity index (χ4n) is 2.89. The van der Waals surface area contributed by atoms with E-state index in [2.05, 4.69) is 0 Å². The molecule has 0 fully saturated rings. The molecule has 0 saturated heterocycles. The smallest absolute Gasteiger partial charge is 0.353 e. The predicted molar refractivity (Wildman–Crippen MR) is 111 cm³/mol. The van der Waals surface area contributed by atoms with E-state index in [1.807, 2.05) is 0 Å². The van der Waals surface area contributed by atoms with Crippen molar-refractivity contribution in [3.63, 3.8) is 0 Å². The number of carbonyl (C=O) groups excluding carboxylic acids is 2. The minimum Gasteiger partial charge on any atom is -0.458 e. The van der Waals surface area contributed by atoms with Crippen LogP contribution < -0.4 is 0 Å². The summed E-state index contributed by atoms with van der Waals surface area (Å²) in [5.74, 6) is -2.33. The molecule has 0 aromatic heterocycles. The number of nitrogens with zero attached hydrogens (tertiary/aromatic N) is 2. The Kier molecular flexibility index (Phi) is 6.86. The van der Waals surface area contributed by atoms with Gasteiger partial charge >= 0.3 is 11.9 Å². The third kappa shape index (κ3) is 5.11. The number of esters is 2. The highest BCUT2D eigenvalue weighted by atomic mass is 16.6. The molecule has 0 heterocycles. The Hall–Kier alpha value is -4.60. The molecule has 0 spiro atoms. The number of benzene rings is 3. The van der Waals surface area contributed by atoms with Gasteiger partial charge in [-0.25, -0.2) is 9.59 Å². The topological polar surface area (TPSA) is 139 Å². The van der Waals surface area contributed by atoms with Crippen molar-refractivity contribution < 1.29 is 28.9 Å². The van der Waals surface area contributed by atoms with Crippen molar-refractivity contribution >= 4 is 23.3 Å². The largest absolute Gasteiger partial charge is 0.458 e. The van der Waals surface area contributed by atoms with E-state index in [1.54, 1.807) is 48.5 Å². The zero-order valence-electron chi connectivity index (χ0n) is 16.5. The zero-order chi connectivity index (χ0) is 23.1. The minimum absolute atomic E-state index is 0.105. The molecule has 162 valence electrons. The zero-order valence-corrected chi connectivity index (χ0v) is 16.5. The van der Waals surface area contributed by atoms with E-state index in [0.29, 0.717) is 5.56 Å². The van der Waals surface area contributed by atoms with Crippen LogP contribution in [-0.2, 0) is 20.9 Å². The molecule has 0 aliphatic heterocycles. The molecule has 0 aliphatic rings. The molecule has 1 atom stereocenters. The van der Waals surface area contributed by atoms with Gasteiger partial charge in [-0.1, -0.05) is 60.7 Å². The van der Waals surface area contributed by atoms with Crippen molar-refractivity contribution in [1.82, 2.24) is 0 Å². The van der Waals surface area contributed by atoms with E-state index in [1.165, 1.54) is 12.1 Å². The monoisotopic (exact) mass is 436 g/mol. The minimum atomic E-state index is -1.59. The van der Waals surface area contributed by atoms with Crippen molar-refractivity contribution in [3.8, 4) is 0 Å². The first-order valence-electron chi connectivity index (χ1n) is 9.26. The third-order valence-corrected chi connectivity index (χ3v) is 4.38. The molecule has 10 heteroatoms. The second kappa shape index (κ2) is 9.94. The van der Waals surface area contributed by atoms with Crippen LogP contribution in [0.15, 0.2) is 78.9 Å². The number of carbonyl (C=O) groups is 2. The highest BCUT2D eigenvalue weighted by molar-refractivity contribution is 5.99. The number of ether oxygens (including phenoxy) is 2. The number of hydrogen-bond acceptors (Lipinski definition) is 8. The molecule has 0 radical (unpaired) electrons. The van der Waals surface area contributed by atoms with Crippen molar-refractivity contribution in [3.05, 3.63) is 116 Å². The Morgan fingerprint density at radius 1 is 0.781 bits per heavy atom. The molecule has 0 amide bonds. The van der Waals surface area contributed by atoms with Gasteiger partial charge in [-0.2, -0.15) is 0 Å². The summed E-state index contributed by atoms with van der Waals surface area (Å²) in [4.78, 5) is 46.4. The van der Waals surface area contributed by atoms with Gasteiger partial charge in [-0.05, 0) is 11.6 Å². The van der Waals surface area contributed by atoms with Crippen LogP contribution in [0.1, 0.15) is 27.6 Å². The maximum Gasteiger partial charge on any atom is 0.353 e. The molecular formula is C22H16N2O8. The number of hydrogen-bond donors (Lipinski definition) is 0. The lowest BCUT2D eigenvalue weighted by Crippen LogP contribution is -2.23. The normalized spacial score (nSPS) is 11.2. The molecule has 0 bridgehead atoms. The first-order chi connectivity index (χ1) is 15.4. The van der Waals surface area contributed by atoms with Gasteiger partial charge < -0.3 is 9.47 Å². The molecule has 3 aromatic carbocycles. The summed E-state index contributed by atoms with van der Waals surface area (Å²) in [6.45, 7) is -0.105. The van der Waals surface area contributed by atoms with Gasteiger partial charge in [0.15, 0.2) is 0 Å². The van der Waals surface area contributed by atoms with Crippen LogP contribution in [0.2, 0.25) is 0 Å². The van der Waals surface area contributed by atoms with Crippen LogP contribution in [0.4, 0.5) is 11.4 Å². The average molecular weight is 436 g/mol. The molecule has 0 aliphatic carbocycles. The van der Waals surface area contributed by atoms with Crippen molar-refractivity contribution in [2.45, 2.75) is 12.7 Å². The molecule has 1 unspecified atom stereocenters. The molecule has 10 nitrogen and oxygen atoms in total. The van der Waals surface area contributed by atoms with Crippen LogP contribution in [-0.4, -0.2) is 21.8 Å². The first-order valence-corrected chi connectivity index (χ1v) is 9.26. The lowest BCUT2D eigenvalue weighted by molar-refractivity contribution is -0.394. The van der Waals surface area contributed by atoms with Crippen LogP contribution in [0.3, 0.4) is 0 Å². The summed E-state index contributed by atoms with van der Waals surface area (Å²) in [6, 6.07) is 19.6. The Morgan fingerprint density at radius 3 is 1.84 bits per heavy atom. The third-order valence-electron chi connectivity index (χ3n) is 4.38. The summed E-state index contributed by atoms with van der Waals surface area (Å²) in [5.41, 5.74) is -1.56. The Morgan fingerprint density at radius 2 is 1.31 bits per heavy atom. The number of nitro groups is 2. The summed E-state index contributed by atoms with van der Waals surface area (Å²) < 4.78 is 10.5. The molecule has 3 aromatic rings. The lowest BCUT2D eigenvalue weighted by Gasteiger charge is -2.17. The van der Waals surface area contributed by atoms with Crippen LogP contribution in [0, 0.1) is 20.2 Å². The maximum atomic E-state index is 12.8. The van der Waals surface area contributed by atoms with Crippen molar-refractivity contribution in [2.24, 2.45) is 0 Å². The van der Waals surface area contributed by atoms with Crippen molar-refractivity contribution in [2.75, 3.05) is 0 Å². The van der Waals surface area contributed by atoms with E-state index < -0.39 is 44.8 Å². The average Bonchev–Trinajstić information content (AvgIpc) is 2.81. The summed E-state index contributed by atoms with van der Waals surface area (Å²) in [5, 5.41) is 22.7. The van der Waals surface area contributed by atoms with Gasteiger partial charge in [0, 0.05) is 17.7 Å². The van der Waals surface area contributed by atoms with Crippen LogP contribution in [0.25, 0.3) is 0 Å². The van der Waals surface area contributed by atoms with Crippen LogP contribution in [0.5, 0.6) is 0 Å². The second-order valence-corrected chi connectivity index (χ2v) is 6.47.